The Morgan fingerprint density at radius 3 is 2.30 bits per heavy atom. The molecule has 2 aromatic carbocycles. The summed E-state index contributed by atoms with van der Waals surface area (Å²) < 4.78 is 18.0. The van der Waals surface area contributed by atoms with E-state index in [0.29, 0.717) is 41.6 Å². The zero-order valence-electron chi connectivity index (χ0n) is 23.2. The van der Waals surface area contributed by atoms with E-state index < -0.39 is 20.0 Å². The van der Waals surface area contributed by atoms with E-state index in [1.807, 2.05) is 45.0 Å². The SMILES string of the molecule is CC(C)(C)OC(=O)N(CCO[Si](C)(C)C(C)(C)C)Cc1ccc2cc(C(O)c3ccc(Cl)cc3)oc2c1. The Morgan fingerprint density at radius 1 is 1.05 bits per heavy atom. The number of hydrogen-bond donors (Lipinski definition) is 1. The molecule has 3 aromatic rings. The van der Waals surface area contributed by atoms with E-state index in [1.165, 1.54) is 0 Å². The molecular weight excluding hydrogens is 506 g/mol. The summed E-state index contributed by atoms with van der Waals surface area (Å²) in [4.78, 5) is 14.7. The van der Waals surface area contributed by atoms with Gasteiger partial charge in [0, 0.05) is 23.5 Å². The van der Waals surface area contributed by atoms with Crippen LogP contribution in [0.25, 0.3) is 11.0 Å². The molecule has 1 unspecified atom stereocenters. The standard InChI is InChI=1S/C29H40ClNO5Si/c1-28(2,3)36-27(33)31(15-16-34-37(7,8)29(4,5)6)19-20-9-10-22-18-25(35-24(22)17-20)26(32)21-11-13-23(30)14-12-21/h9-14,17-18,26,32H,15-16,19H2,1-8H3. The molecule has 0 fully saturated rings. The number of ether oxygens (including phenoxy) is 1. The van der Waals surface area contributed by atoms with E-state index in [2.05, 4.69) is 33.9 Å². The summed E-state index contributed by atoms with van der Waals surface area (Å²) in [6.07, 6.45) is -1.29. The molecule has 6 nitrogen and oxygen atoms in total. The van der Waals surface area contributed by atoms with E-state index in [0.717, 1.165) is 10.9 Å². The van der Waals surface area contributed by atoms with Gasteiger partial charge in [-0.25, -0.2) is 4.79 Å². The Morgan fingerprint density at radius 2 is 1.70 bits per heavy atom. The summed E-state index contributed by atoms with van der Waals surface area (Å²) in [5.41, 5.74) is 1.63. The molecule has 3 rings (SSSR count). The lowest BCUT2D eigenvalue weighted by Gasteiger charge is -2.37. The first kappa shape index (κ1) is 29.2. The van der Waals surface area contributed by atoms with Crippen LogP contribution in [0.1, 0.15) is 64.5 Å². The normalized spacial score (nSPS) is 13.6. The van der Waals surface area contributed by atoms with Crippen LogP contribution in [0.3, 0.4) is 0 Å². The van der Waals surface area contributed by atoms with Crippen LogP contribution < -0.4 is 0 Å². The lowest BCUT2D eigenvalue weighted by atomic mass is 10.1. The van der Waals surface area contributed by atoms with Gasteiger partial charge in [-0.15, -0.1) is 0 Å². The molecule has 1 amide bonds. The van der Waals surface area contributed by atoms with Crippen molar-refractivity contribution in [3.05, 3.63) is 70.4 Å². The third kappa shape index (κ3) is 7.83. The van der Waals surface area contributed by atoms with Gasteiger partial charge in [0.05, 0.1) is 6.61 Å². The topological polar surface area (TPSA) is 72.1 Å². The molecule has 0 aliphatic heterocycles. The van der Waals surface area contributed by atoms with Crippen LogP contribution in [0.15, 0.2) is 52.9 Å². The summed E-state index contributed by atoms with van der Waals surface area (Å²) in [6, 6.07) is 14.7. The van der Waals surface area contributed by atoms with Crippen molar-refractivity contribution in [3.63, 3.8) is 0 Å². The number of nitrogens with zero attached hydrogens (tertiary/aromatic N) is 1. The van der Waals surface area contributed by atoms with Gasteiger partial charge >= 0.3 is 6.09 Å². The first-order valence-electron chi connectivity index (χ1n) is 12.6. The molecule has 1 heterocycles. The molecule has 0 aliphatic rings. The zero-order valence-corrected chi connectivity index (χ0v) is 25.0. The number of amides is 1. The molecule has 0 bridgehead atoms. The summed E-state index contributed by atoms with van der Waals surface area (Å²) in [6.45, 7) is 17.8. The van der Waals surface area contributed by atoms with E-state index >= 15 is 0 Å². The Bertz CT molecular complexity index is 1210. The summed E-state index contributed by atoms with van der Waals surface area (Å²) >= 11 is 5.97. The Balaban J connectivity index is 1.78. The predicted molar refractivity (Wildman–Crippen MR) is 152 cm³/mol. The van der Waals surface area contributed by atoms with Gasteiger partial charge < -0.3 is 23.6 Å². The quantitative estimate of drug-likeness (QED) is 0.291. The average molecular weight is 546 g/mol. The molecule has 1 aromatic heterocycles. The van der Waals surface area contributed by atoms with Crippen LogP contribution in [0.2, 0.25) is 23.2 Å². The summed E-state index contributed by atoms with van der Waals surface area (Å²) in [5, 5.41) is 12.3. The fraction of sp³-hybridized carbons (Fsp3) is 0.483. The monoisotopic (exact) mass is 545 g/mol. The first-order valence-corrected chi connectivity index (χ1v) is 15.9. The molecule has 8 heteroatoms. The molecule has 0 aliphatic carbocycles. The van der Waals surface area contributed by atoms with Crippen molar-refractivity contribution in [1.29, 1.82) is 0 Å². The Hall–Kier alpha value is -2.32. The van der Waals surface area contributed by atoms with E-state index in [-0.39, 0.29) is 11.1 Å². The van der Waals surface area contributed by atoms with Gasteiger partial charge in [0.25, 0.3) is 0 Å². The minimum Gasteiger partial charge on any atom is -0.458 e. The molecule has 0 saturated heterocycles. The second-order valence-electron chi connectivity index (χ2n) is 12.0. The third-order valence-corrected chi connectivity index (χ3v) is 11.5. The minimum absolute atomic E-state index is 0.0857. The lowest BCUT2D eigenvalue weighted by Crippen LogP contribution is -2.44. The lowest BCUT2D eigenvalue weighted by molar-refractivity contribution is 0.0205. The molecule has 37 heavy (non-hydrogen) atoms. The highest BCUT2D eigenvalue weighted by Crippen LogP contribution is 2.36. The van der Waals surface area contributed by atoms with Crippen molar-refractivity contribution in [2.24, 2.45) is 0 Å². The Kier molecular flexibility index (Phi) is 8.85. The number of aliphatic hydroxyl groups is 1. The molecule has 1 N–H and O–H groups in total. The predicted octanol–water partition coefficient (Wildman–Crippen LogP) is 7.93. The van der Waals surface area contributed by atoms with Crippen molar-refractivity contribution < 1.29 is 23.5 Å². The second-order valence-corrected chi connectivity index (χ2v) is 17.2. The van der Waals surface area contributed by atoms with E-state index in [9.17, 15) is 9.90 Å². The van der Waals surface area contributed by atoms with Gasteiger partial charge in [0.15, 0.2) is 8.32 Å². The molecule has 0 radical (unpaired) electrons. The van der Waals surface area contributed by atoms with Crippen molar-refractivity contribution in [2.45, 2.75) is 77.9 Å². The maximum absolute atomic E-state index is 13.0. The number of aliphatic hydroxyl groups excluding tert-OH is 1. The number of rotatable bonds is 8. The minimum atomic E-state index is -1.95. The first-order chi connectivity index (χ1) is 17.1. The van der Waals surface area contributed by atoms with E-state index in [1.54, 1.807) is 29.2 Å². The molecular formula is C29H40ClNO5Si. The third-order valence-electron chi connectivity index (χ3n) is 6.71. The number of carbonyl (C=O) groups is 1. The molecule has 0 spiro atoms. The van der Waals surface area contributed by atoms with Crippen LogP contribution in [0.5, 0.6) is 0 Å². The van der Waals surface area contributed by atoms with Crippen molar-refractivity contribution in [3.8, 4) is 0 Å². The Labute approximate surface area is 226 Å². The van der Waals surface area contributed by atoms with Crippen LogP contribution in [0.4, 0.5) is 4.79 Å². The highest BCUT2D eigenvalue weighted by molar-refractivity contribution is 6.74. The second kappa shape index (κ2) is 11.2. The largest absolute Gasteiger partial charge is 0.458 e. The van der Waals surface area contributed by atoms with Gasteiger partial charge in [0.1, 0.15) is 23.0 Å². The van der Waals surface area contributed by atoms with Crippen LogP contribution in [-0.4, -0.2) is 43.2 Å². The van der Waals surface area contributed by atoms with Gasteiger partial charge in [-0.1, -0.05) is 56.6 Å². The number of benzene rings is 2. The van der Waals surface area contributed by atoms with E-state index in [4.69, 9.17) is 25.2 Å². The zero-order chi connectivity index (χ0) is 27.6. The maximum atomic E-state index is 13.0. The molecule has 0 saturated carbocycles. The van der Waals surface area contributed by atoms with Crippen molar-refractivity contribution in [2.75, 3.05) is 13.2 Å². The average Bonchev–Trinajstić information content (AvgIpc) is 3.20. The van der Waals surface area contributed by atoms with Gasteiger partial charge in [-0.05, 0) is 74.3 Å². The highest BCUT2D eigenvalue weighted by atomic mass is 35.5. The van der Waals surface area contributed by atoms with Crippen LogP contribution in [0, 0.1) is 0 Å². The van der Waals surface area contributed by atoms with Crippen molar-refractivity contribution in [1.82, 2.24) is 4.90 Å². The highest BCUT2D eigenvalue weighted by Gasteiger charge is 2.37. The number of hydrogen-bond acceptors (Lipinski definition) is 5. The van der Waals surface area contributed by atoms with Gasteiger partial charge in [-0.2, -0.15) is 0 Å². The fourth-order valence-electron chi connectivity index (χ4n) is 3.55. The van der Waals surface area contributed by atoms with Crippen molar-refractivity contribution >= 4 is 37.0 Å². The smallest absolute Gasteiger partial charge is 0.410 e. The summed E-state index contributed by atoms with van der Waals surface area (Å²) in [5.74, 6) is 0.446. The number of carbonyl (C=O) groups excluding carboxylic acids is 1. The molecule has 1 atom stereocenters. The number of halogens is 1. The fourth-order valence-corrected chi connectivity index (χ4v) is 4.71. The number of fused-ring (bicyclic) bond motifs is 1. The molecule has 202 valence electrons. The maximum Gasteiger partial charge on any atom is 0.410 e. The van der Waals surface area contributed by atoms with Gasteiger partial charge in [0.2, 0.25) is 0 Å². The van der Waals surface area contributed by atoms with Crippen LogP contribution >= 0.6 is 11.6 Å². The summed E-state index contributed by atoms with van der Waals surface area (Å²) in [7, 11) is -1.95. The van der Waals surface area contributed by atoms with Crippen LogP contribution in [-0.2, 0) is 15.7 Å². The van der Waals surface area contributed by atoms with Gasteiger partial charge in [-0.3, -0.25) is 0 Å². The number of furan rings is 1.